The third kappa shape index (κ3) is 4.11. The van der Waals surface area contributed by atoms with E-state index in [9.17, 15) is 0 Å². The Morgan fingerprint density at radius 2 is 2.40 bits per heavy atom. The van der Waals surface area contributed by atoms with E-state index in [1.165, 1.54) is 0 Å². The van der Waals surface area contributed by atoms with Gasteiger partial charge in [-0.25, -0.2) is 5.84 Å². The normalized spacial score (nSPS) is 14.9. The van der Waals surface area contributed by atoms with Gasteiger partial charge in [0.05, 0.1) is 0 Å². The predicted molar refractivity (Wildman–Crippen MR) is 40.1 cm³/mol. The minimum atomic E-state index is 0.112. The van der Waals surface area contributed by atoms with Crippen LogP contribution in [-0.2, 0) is 0 Å². The first kappa shape index (κ1) is 9.19. The van der Waals surface area contributed by atoms with Gasteiger partial charge in [-0.1, -0.05) is 6.92 Å². The Kier molecular flexibility index (Phi) is 4.61. The summed E-state index contributed by atoms with van der Waals surface area (Å²) in [5, 5.41) is 8.56. The summed E-state index contributed by atoms with van der Waals surface area (Å²) < 4.78 is 0. The van der Waals surface area contributed by atoms with Crippen LogP contribution in [0.4, 0.5) is 0 Å². The first-order chi connectivity index (χ1) is 4.70. The fraction of sp³-hybridized carbons (Fsp3) is 0.800. The maximum atomic E-state index is 8.56. The highest BCUT2D eigenvalue weighted by molar-refractivity contribution is 5.77. The zero-order valence-electron chi connectivity index (χ0n) is 6.04. The molecule has 1 atom stereocenters. The van der Waals surface area contributed by atoms with Crippen molar-refractivity contribution in [1.82, 2.24) is 5.43 Å². The molecule has 6 N–H and O–H groups in total. The van der Waals surface area contributed by atoms with Crippen molar-refractivity contribution < 1.29 is 5.11 Å². The molecule has 10 heavy (non-hydrogen) atoms. The first-order valence-corrected chi connectivity index (χ1v) is 3.08. The molecule has 0 aliphatic carbocycles. The average molecular weight is 146 g/mol. The van der Waals surface area contributed by atoms with Gasteiger partial charge in [0.15, 0.2) is 0 Å². The lowest BCUT2D eigenvalue weighted by Crippen LogP contribution is -2.37. The number of rotatable bonds is 3. The molecule has 0 heterocycles. The second-order valence-electron chi connectivity index (χ2n) is 2.16. The maximum Gasteiger partial charge on any atom is 0.203 e. The summed E-state index contributed by atoms with van der Waals surface area (Å²) in [7, 11) is 0. The summed E-state index contributed by atoms with van der Waals surface area (Å²) in [5.41, 5.74) is 7.40. The predicted octanol–water partition coefficient (Wildman–Crippen LogP) is -1.61. The molecular weight excluding hydrogens is 132 g/mol. The van der Waals surface area contributed by atoms with Crippen molar-refractivity contribution in [2.45, 2.75) is 6.92 Å². The zero-order valence-corrected chi connectivity index (χ0v) is 6.04. The number of nitrogens with two attached hydrogens (primary N) is 2. The minimum absolute atomic E-state index is 0.112. The first-order valence-electron chi connectivity index (χ1n) is 3.08. The molecule has 0 fully saturated rings. The molecule has 0 rings (SSSR count). The Hall–Kier alpha value is -0.810. The van der Waals surface area contributed by atoms with Crippen molar-refractivity contribution in [2.24, 2.45) is 22.5 Å². The molecule has 5 nitrogen and oxygen atoms in total. The largest absolute Gasteiger partial charge is 0.396 e. The van der Waals surface area contributed by atoms with Crippen LogP contribution in [0.15, 0.2) is 4.99 Å². The SMILES string of the molecule is CC(CO)CN=C(N)NN. The Balaban J connectivity index is 3.50. The fourth-order valence-electron chi connectivity index (χ4n) is 0.358. The number of hydrazine groups is 1. The van der Waals surface area contributed by atoms with Crippen molar-refractivity contribution >= 4 is 5.96 Å². The van der Waals surface area contributed by atoms with Gasteiger partial charge >= 0.3 is 0 Å². The second kappa shape index (κ2) is 5.01. The van der Waals surface area contributed by atoms with Gasteiger partial charge in [0.2, 0.25) is 5.96 Å². The van der Waals surface area contributed by atoms with Crippen LogP contribution in [0.25, 0.3) is 0 Å². The average Bonchev–Trinajstić information content (AvgIpc) is 1.99. The summed E-state index contributed by atoms with van der Waals surface area (Å²) in [5.74, 6) is 5.26. The molecule has 0 aliphatic heterocycles. The molecule has 0 bridgehead atoms. The Labute approximate surface area is 60.1 Å². The monoisotopic (exact) mass is 146 g/mol. The topological polar surface area (TPSA) is 96.7 Å². The van der Waals surface area contributed by atoms with Gasteiger partial charge in [0.1, 0.15) is 0 Å². The van der Waals surface area contributed by atoms with E-state index in [0.717, 1.165) is 0 Å². The van der Waals surface area contributed by atoms with E-state index >= 15 is 0 Å². The lowest BCUT2D eigenvalue weighted by atomic mass is 10.2. The number of nitrogens with one attached hydrogen (secondary N) is 1. The van der Waals surface area contributed by atoms with Gasteiger partial charge in [-0.3, -0.25) is 10.4 Å². The smallest absolute Gasteiger partial charge is 0.203 e. The standard InChI is InChI=1S/C5H14N4O/c1-4(3-10)2-8-5(6)9-7/h4,10H,2-3,7H2,1H3,(H3,6,8,9). The van der Waals surface area contributed by atoms with Crippen LogP contribution in [0, 0.1) is 5.92 Å². The third-order valence-corrected chi connectivity index (χ3v) is 1.03. The van der Waals surface area contributed by atoms with Crippen LogP contribution in [0.3, 0.4) is 0 Å². The molecule has 0 aromatic carbocycles. The number of aliphatic imine (C=N–C) groups is 1. The van der Waals surface area contributed by atoms with Crippen LogP contribution in [0.1, 0.15) is 6.92 Å². The molecule has 0 aromatic rings. The Bertz CT molecular complexity index is 114. The van der Waals surface area contributed by atoms with Crippen LogP contribution in [0.2, 0.25) is 0 Å². The van der Waals surface area contributed by atoms with Crippen molar-refractivity contribution in [3.63, 3.8) is 0 Å². The van der Waals surface area contributed by atoms with E-state index in [4.69, 9.17) is 16.7 Å². The summed E-state index contributed by atoms with van der Waals surface area (Å²) in [6.07, 6.45) is 0. The number of aliphatic hydroxyl groups is 1. The van der Waals surface area contributed by atoms with Gasteiger partial charge in [0.25, 0.3) is 0 Å². The van der Waals surface area contributed by atoms with Crippen molar-refractivity contribution in [3.05, 3.63) is 0 Å². The number of nitrogens with zero attached hydrogens (tertiary/aromatic N) is 1. The van der Waals surface area contributed by atoms with Crippen molar-refractivity contribution in [3.8, 4) is 0 Å². The van der Waals surface area contributed by atoms with Crippen LogP contribution < -0.4 is 17.0 Å². The van der Waals surface area contributed by atoms with E-state index < -0.39 is 0 Å². The quantitative estimate of drug-likeness (QED) is 0.167. The molecule has 0 radical (unpaired) electrons. The summed E-state index contributed by atoms with van der Waals surface area (Å²) in [6.45, 7) is 2.47. The summed E-state index contributed by atoms with van der Waals surface area (Å²) in [4.78, 5) is 3.81. The molecule has 60 valence electrons. The lowest BCUT2D eigenvalue weighted by molar-refractivity contribution is 0.241. The lowest BCUT2D eigenvalue weighted by Gasteiger charge is -2.03. The zero-order chi connectivity index (χ0) is 7.98. The van der Waals surface area contributed by atoms with Gasteiger partial charge in [-0.15, -0.1) is 0 Å². The fourth-order valence-corrected chi connectivity index (χ4v) is 0.358. The molecule has 1 unspecified atom stereocenters. The summed E-state index contributed by atoms with van der Waals surface area (Å²) >= 11 is 0. The van der Waals surface area contributed by atoms with Gasteiger partial charge in [-0.2, -0.15) is 0 Å². The van der Waals surface area contributed by atoms with Crippen LogP contribution >= 0.6 is 0 Å². The van der Waals surface area contributed by atoms with E-state index in [0.29, 0.717) is 6.54 Å². The molecule has 0 saturated heterocycles. The molecule has 0 aromatic heterocycles. The number of aliphatic hydroxyl groups excluding tert-OH is 1. The van der Waals surface area contributed by atoms with Crippen LogP contribution in [0.5, 0.6) is 0 Å². The van der Waals surface area contributed by atoms with Crippen LogP contribution in [-0.4, -0.2) is 24.2 Å². The van der Waals surface area contributed by atoms with Crippen molar-refractivity contribution in [2.75, 3.05) is 13.2 Å². The van der Waals surface area contributed by atoms with Gasteiger partial charge < -0.3 is 10.8 Å². The van der Waals surface area contributed by atoms with E-state index in [1.54, 1.807) is 0 Å². The highest BCUT2D eigenvalue weighted by Crippen LogP contribution is 1.91. The van der Waals surface area contributed by atoms with E-state index in [1.807, 2.05) is 6.92 Å². The Morgan fingerprint density at radius 3 is 2.80 bits per heavy atom. The third-order valence-electron chi connectivity index (χ3n) is 1.03. The molecule has 0 aliphatic rings. The Morgan fingerprint density at radius 1 is 1.80 bits per heavy atom. The molecule has 0 saturated carbocycles. The number of guanidine groups is 1. The molecular formula is C5H14N4O. The number of hydrogen-bond donors (Lipinski definition) is 4. The molecule has 0 spiro atoms. The van der Waals surface area contributed by atoms with E-state index in [2.05, 4.69) is 10.4 Å². The maximum absolute atomic E-state index is 8.56. The highest BCUT2D eigenvalue weighted by atomic mass is 16.3. The van der Waals surface area contributed by atoms with Gasteiger partial charge in [-0.05, 0) is 5.92 Å². The second-order valence-corrected chi connectivity index (χ2v) is 2.16. The molecule has 5 heteroatoms. The van der Waals surface area contributed by atoms with E-state index in [-0.39, 0.29) is 18.5 Å². The minimum Gasteiger partial charge on any atom is -0.396 e. The highest BCUT2D eigenvalue weighted by Gasteiger charge is 1.96. The number of hydrogen-bond acceptors (Lipinski definition) is 3. The van der Waals surface area contributed by atoms with Gasteiger partial charge in [0, 0.05) is 13.2 Å². The molecule has 0 amide bonds. The van der Waals surface area contributed by atoms with Crippen molar-refractivity contribution in [1.29, 1.82) is 0 Å². The summed E-state index contributed by atoms with van der Waals surface area (Å²) in [6, 6.07) is 0.